The summed E-state index contributed by atoms with van der Waals surface area (Å²) in [4.78, 5) is 7.34. The van der Waals surface area contributed by atoms with Crippen LogP contribution in [0.25, 0.3) is 0 Å². The zero-order valence-electron chi connectivity index (χ0n) is 10.2. The second-order valence-electron chi connectivity index (χ2n) is 4.42. The van der Waals surface area contributed by atoms with Gasteiger partial charge in [-0.25, -0.2) is 0 Å². The number of rotatable bonds is 3. The standard InChI is InChI=1S/C13H17N3S/c1-4-9(2)8-16-10(3)13(17)15-11-5-6-14-7-12(11)16/h4-7,9-10H,1,8H2,2-3H3,(H,15,17). The largest absolute Gasteiger partial charge is 0.359 e. The van der Waals surface area contributed by atoms with Gasteiger partial charge in [0, 0.05) is 12.7 Å². The van der Waals surface area contributed by atoms with Crippen LogP contribution in [0.15, 0.2) is 31.1 Å². The predicted molar refractivity (Wildman–Crippen MR) is 76.6 cm³/mol. The highest BCUT2D eigenvalue weighted by molar-refractivity contribution is 7.80. The zero-order chi connectivity index (χ0) is 12.4. The molecule has 2 atom stereocenters. The smallest absolute Gasteiger partial charge is 0.102 e. The summed E-state index contributed by atoms with van der Waals surface area (Å²) in [6, 6.07) is 2.16. The maximum atomic E-state index is 5.37. The van der Waals surface area contributed by atoms with Gasteiger partial charge in [0.25, 0.3) is 0 Å². The minimum Gasteiger partial charge on any atom is -0.359 e. The van der Waals surface area contributed by atoms with Gasteiger partial charge in [-0.1, -0.05) is 25.2 Å². The Balaban J connectivity index is 2.35. The third-order valence-corrected chi connectivity index (χ3v) is 3.54. The average Bonchev–Trinajstić information content (AvgIpc) is 2.34. The second kappa shape index (κ2) is 4.84. The first-order valence-corrected chi connectivity index (χ1v) is 6.18. The summed E-state index contributed by atoms with van der Waals surface area (Å²) in [6.45, 7) is 9.01. The fourth-order valence-corrected chi connectivity index (χ4v) is 2.19. The van der Waals surface area contributed by atoms with Gasteiger partial charge in [-0.2, -0.15) is 0 Å². The lowest BCUT2D eigenvalue weighted by molar-refractivity contribution is 0.645. The molecule has 0 saturated heterocycles. The van der Waals surface area contributed by atoms with E-state index in [9.17, 15) is 0 Å². The summed E-state index contributed by atoms with van der Waals surface area (Å²) in [5.41, 5.74) is 2.15. The molecule has 0 aliphatic carbocycles. The Labute approximate surface area is 108 Å². The Bertz CT molecular complexity index is 444. The van der Waals surface area contributed by atoms with Crippen molar-refractivity contribution in [1.82, 2.24) is 4.98 Å². The maximum absolute atomic E-state index is 5.37. The number of hydrogen-bond acceptors (Lipinski definition) is 3. The molecule has 0 bridgehead atoms. The van der Waals surface area contributed by atoms with Gasteiger partial charge in [0.15, 0.2) is 0 Å². The molecule has 1 aromatic heterocycles. The SMILES string of the molecule is C=CC(C)CN1c2cnccc2NC(=S)C1C. The van der Waals surface area contributed by atoms with Gasteiger partial charge in [0.05, 0.1) is 23.6 Å². The van der Waals surface area contributed by atoms with Crippen LogP contribution in [0.2, 0.25) is 0 Å². The van der Waals surface area contributed by atoms with Crippen molar-refractivity contribution in [3.05, 3.63) is 31.1 Å². The number of pyridine rings is 1. The molecule has 3 nitrogen and oxygen atoms in total. The normalized spacial score (nSPS) is 20.5. The van der Waals surface area contributed by atoms with E-state index in [4.69, 9.17) is 12.2 Å². The summed E-state index contributed by atoms with van der Waals surface area (Å²) in [6.07, 6.45) is 5.63. The fraction of sp³-hybridized carbons (Fsp3) is 0.385. The molecule has 0 amide bonds. The van der Waals surface area contributed by atoms with Crippen molar-refractivity contribution in [3.8, 4) is 0 Å². The van der Waals surface area contributed by atoms with Crippen LogP contribution in [0, 0.1) is 5.92 Å². The van der Waals surface area contributed by atoms with E-state index in [1.165, 1.54) is 0 Å². The Morgan fingerprint density at radius 2 is 2.47 bits per heavy atom. The predicted octanol–water partition coefficient (Wildman–Crippen LogP) is 2.85. The fourth-order valence-electron chi connectivity index (χ4n) is 1.95. The third-order valence-electron chi connectivity index (χ3n) is 3.10. The lowest BCUT2D eigenvalue weighted by atomic mass is 10.1. The molecule has 0 spiro atoms. The minimum absolute atomic E-state index is 0.198. The first-order valence-electron chi connectivity index (χ1n) is 5.77. The molecule has 0 fully saturated rings. The van der Waals surface area contributed by atoms with E-state index in [-0.39, 0.29) is 6.04 Å². The van der Waals surface area contributed by atoms with Crippen molar-refractivity contribution in [3.63, 3.8) is 0 Å². The highest BCUT2D eigenvalue weighted by Gasteiger charge is 2.27. The second-order valence-corrected chi connectivity index (χ2v) is 4.86. The highest BCUT2D eigenvalue weighted by Crippen LogP contribution is 2.31. The third kappa shape index (κ3) is 2.31. The van der Waals surface area contributed by atoms with Crippen LogP contribution in [0.4, 0.5) is 11.4 Å². The van der Waals surface area contributed by atoms with Crippen LogP contribution < -0.4 is 10.2 Å². The number of anilines is 2. The van der Waals surface area contributed by atoms with Crippen LogP contribution in [-0.4, -0.2) is 22.6 Å². The molecule has 17 heavy (non-hydrogen) atoms. The minimum atomic E-state index is 0.198. The van der Waals surface area contributed by atoms with Gasteiger partial charge < -0.3 is 10.2 Å². The van der Waals surface area contributed by atoms with E-state index in [1.54, 1.807) is 6.20 Å². The summed E-state index contributed by atoms with van der Waals surface area (Å²) < 4.78 is 0. The average molecular weight is 247 g/mol. The van der Waals surface area contributed by atoms with Gasteiger partial charge >= 0.3 is 0 Å². The van der Waals surface area contributed by atoms with E-state index in [2.05, 4.69) is 35.6 Å². The Morgan fingerprint density at radius 1 is 1.71 bits per heavy atom. The molecule has 2 unspecified atom stereocenters. The van der Waals surface area contributed by atoms with Gasteiger partial charge in [-0.05, 0) is 18.9 Å². The van der Waals surface area contributed by atoms with E-state index in [0.717, 1.165) is 22.9 Å². The van der Waals surface area contributed by atoms with E-state index in [1.807, 2.05) is 18.3 Å². The van der Waals surface area contributed by atoms with E-state index in [0.29, 0.717) is 5.92 Å². The number of aromatic nitrogens is 1. The van der Waals surface area contributed by atoms with Crippen LogP contribution in [-0.2, 0) is 0 Å². The lowest BCUT2D eigenvalue weighted by Crippen LogP contribution is -2.47. The molecule has 2 rings (SSSR count). The van der Waals surface area contributed by atoms with Crippen molar-refractivity contribution < 1.29 is 0 Å². The van der Waals surface area contributed by atoms with Gasteiger partial charge in [0.1, 0.15) is 4.99 Å². The quantitative estimate of drug-likeness (QED) is 0.656. The first-order chi connectivity index (χ1) is 8.13. The summed E-state index contributed by atoms with van der Waals surface area (Å²) in [7, 11) is 0. The molecule has 0 aromatic carbocycles. The molecule has 1 N–H and O–H groups in total. The van der Waals surface area contributed by atoms with E-state index < -0.39 is 0 Å². The Kier molecular flexibility index (Phi) is 3.43. The molecule has 90 valence electrons. The first kappa shape index (κ1) is 12.0. The zero-order valence-corrected chi connectivity index (χ0v) is 11.0. The number of nitrogens with one attached hydrogen (secondary N) is 1. The number of fused-ring (bicyclic) bond motifs is 1. The van der Waals surface area contributed by atoms with Crippen LogP contribution >= 0.6 is 12.2 Å². The number of hydrogen-bond donors (Lipinski definition) is 1. The topological polar surface area (TPSA) is 28.2 Å². The lowest BCUT2D eigenvalue weighted by Gasteiger charge is -2.38. The molecular weight excluding hydrogens is 230 g/mol. The van der Waals surface area contributed by atoms with Crippen molar-refractivity contribution >= 4 is 28.6 Å². The van der Waals surface area contributed by atoms with Gasteiger partial charge in [-0.3, -0.25) is 4.98 Å². The van der Waals surface area contributed by atoms with Crippen LogP contribution in [0.3, 0.4) is 0 Å². The Morgan fingerprint density at radius 3 is 3.18 bits per heavy atom. The van der Waals surface area contributed by atoms with Crippen LogP contribution in [0.5, 0.6) is 0 Å². The summed E-state index contributed by atoms with van der Waals surface area (Å²) in [5.74, 6) is 0.423. The summed E-state index contributed by atoms with van der Waals surface area (Å²) in [5, 5.41) is 3.25. The molecule has 0 radical (unpaired) electrons. The monoisotopic (exact) mass is 247 g/mol. The van der Waals surface area contributed by atoms with Crippen molar-refractivity contribution in [2.24, 2.45) is 5.92 Å². The Hall–Kier alpha value is -1.42. The van der Waals surface area contributed by atoms with Gasteiger partial charge in [0.2, 0.25) is 0 Å². The molecule has 1 aliphatic heterocycles. The van der Waals surface area contributed by atoms with Gasteiger partial charge in [-0.15, -0.1) is 6.58 Å². The molecular formula is C13H17N3S. The van der Waals surface area contributed by atoms with Crippen LogP contribution in [0.1, 0.15) is 13.8 Å². The molecule has 0 saturated carbocycles. The van der Waals surface area contributed by atoms with Crippen molar-refractivity contribution in [2.75, 3.05) is 16.8 Å². The van der Waals surface area contributed by atoms with E-state index >= 15 is 0 Å². The van der Waals surface area contributed by atoms with Crippen molar-refractivity contribution in [1.29, 1.82) is 0 Å². The van der Waals surface area contributed by atoms with Crippen molar-refractivity contribution in [2.45, 2.75) is 19.9 Å². The molecule has 4 heteroatoms. The molecule has 2 heterocycles. The maximum Gasteiger partial charge on any atom is 0.102 e. The number of thiocarbonyl (C=S) groups is 1. The summed E-state index contributed by atoms with van der Waals surface area (Å²) >= 11 is 5.37. The molecule has 1 aliphatic rings. The molecule has 1 aromatic rings. The number of nitrogens with zero attached hydrogens (tertiary/aromatic N) is 2. The highest BCUT2D eigenvalue weighted by atomic mass is 32.1.